The first-order valence-electron chi connectivity index (χ1n) is 5.75. The summed E-state index contributed by atoms with van der Waals surface area (Å²) in [4.78, 5) is 20.2. The number of thioether (sulfide) groups is 1. The van der Waals surface area contributed by atoms with Crippen LogP contribution in [0.2, 0.25) is 10.0 Å². The average Bonchev–Trinajstić information content (AvgIpc) is 2.38. The van der Waals surface area contributed by atoms with Crippen molar-refractivity contribution in [2.75, 3.05) is 5.32 Å². The van der Waals surface area contributed by atoms with E-state index in [1.54, 1.807) is 43.6 Å². The Hall–Kier alpha value is -1.30. The van der Waals surface area contributed by atoms with Gasteiger partial charge in [0.05, 0.1) is 5.25 Å². The van der Waals surface area contributed by atoms with E-state index in [4.69, 9.17) is 23.2 Å². The highest BCUT2D eigenvalue weighted by Crippen LogP contribution is 2.24. The lowest BCUT2D eigenvalue weighted by molar-refractivity contribution is -0.115. The average molecular weight is 328 g/mol. The zero-order valence-electron chi connectivity index (χ0n) is 10.5. The molecule has 2 aromatic rings. The van der Waals surface area contributed by atoms with Crippen LogP contribution in [0, 0.1) is 0 Å². The van der Waals surface area contributed by atoms with Crippen molar-refractivity contribution in [3.8, 4) is 0 Å². The number of carbonyl (C=O) groups excluding carboxylic acids is 1. The maximum absolute atomic E-state index is 12.1. The number of hydrogen-bond donors (Lipinski definition) is 1. The van der Waals surface area contributed by atoms with Crippen LogP contribution < -0.4 is 5.32 Å². The molecule has 20 heavy (non-hydrogen) atoms. The van der Waals surface area contributed by atoms with Crippen LogP contribution in [0.15, 0.2) is 41.8 Å². The summed E-state index contributed by atoms with van der Waals surface area (Å²) in [6.45, 7) is 1.78. The van der Waals surface area contributed by atoms with E-state index in [0.717, 1.165) is 0 Å². The van der Waals surface area contributed by atoms with Gasteiger partial charge in [-0.2, -0.15) is 0 Å². The Bertz CT molecular complexity index is 590. The molecule has 0 bridgehead atoms. The smallest absolute Gasteiger partial charge is 0.237 e. The van der Waals surface area contributed by atoms with Crippen molar-refractivity contribution < 1.29 is 4.79 Å². The Kier molecular flexibility index (Phi) is 5.23. The normalized spacial score (nSPS) is 11.9. The number of halogens is 2. The Labute approximate surface area is 130 Å². The minimum atomic E-state index is -0.338. The van der Waals surface area contributed by atoms with E-state index in [9.17, 15) is 4.79 Å². The second-order valence-electron chi connectivity index (χ2n) is 3.94. The van der Waals surface area contributed by atoms with Crippen molar-refractivity contribution in [2.24, 2.45) is 0 Å². The van der Waals surface area contributed by atoms with Crippen LogP contribution in [0.1, 0.15) is 6.92 Å². The standard InChI is InChI=1S/C13H11Cl2N3OS/c1-8(20-13-16-3-2-4-17-13)12(19)18-11-6-9(14)5-10(15)7-11/h2-8H,1H3,(H,18,19)/t8-/m1/s1. The number of amides is 1. The maximum atomic E-state index is 12.1. The summed E-state index contributed by atoms with van der Waals surface area (Å²) in [6.07, 6.45) is 3.27. The second kappa shape index (κ2) is 6.92. The fraction of sp³-hybridized carbons (Fsp3) is 0.154. The highest BCUT2D eigenvalue weighted by Gasteiger charge is 2.16. The molecule has 0 aliphatic heterocycles. The second-order valence-corrected chi connectivity index (χ2v) is 6.12. The molecule has 104 valence electrons. The summed E-state index contributed by atoms with van der Waals surface area (Å²) in [5, 5.41) is 3.92. The first kappa shape index (κ1) is 15.1. The molecule has 1 N–H and O–H groups in total. The van der Waals surface area contributed by atoms with Crippen molar-refractivity contribution in [3.63, 3.8) is 0 Å². The lowest BCUT2D eigenvalue weighted by Gasteiger charge is -2.11. The molecular formula is C13H11Cl2N3OS. The van der Waals surface area contributed by atoms with Gasteiger partial charge < -0.3 is 5.32 Å². The van der Waals surface area contributed by atoms with Gasteiger partial charge in [-0.3, -0.25) is 4.79 Å². The largest absolute Gasteiger partial charge is 0.325 e. The van der Waals surface area contributed by atoms with Crippen molar-refractivity contribution in [3.05, 3.63) is 46.7 Å². The summed E-state index contributed by atoms with van der Waals surface area (Å²) < 4.78 is 0. The summed E-state index contributed by atoms with van der Waals surface area (Å²) in [5.41, 5.74) is 0.564. The van der Waals surface area contributed by atoms with Crippen LogP contribution in [0.3, 0.4) is 0 Å². The van der Waals surface area contributed by atoms with E-state index < -0.39 is 0 Å². The highest BCUT2D eigenvalue weighted by atomic mass is 35.5. The lowest BCUT2D eigenvalue weighted by atomic mass is 10.3. The number of anilines is 1. The van der Waals surface area contributed by atoms with E-state index in [-0.39, 0.29) is 11.2 Å². The number of carbonyl (C=O) groups is 1. The Balaban J connectivity index is 2.00. The zero-order valence-corrected chi connectivity index (χ0v) is 12.8. The molecule has 2 rings (SSSR count). The number of nitrogens with one attached hydrogen (secondary N) is 1. The van der Waals surface area contributed by atoms with Gasteiger partial charge in [0.2, 0.25) is 5.91 Å². The number of hydrogen-bond acceptors (Lipinski definition) is 4. The Morgan fingerprint density at radius 3 is 2.40 bits per heavy atom. The highest BCUT2D eigenvalue weighted by molar-refractivity contribution is 8.00. The van der Waals surface area contributed by atoms with E-state index >= 15 is 0 Å². The molecule has 0 aliphatic rings. The third-order valence-electron chi connectivity index (χ3n) is 2.32. The number of aromatic nitrogens is 2. The van der Waals surface area contributed by atoms with Crippen LogP contribution >= 0.6 is 35.0 Å². The molecule has 0 spiro atoms. The molecule has 1 aromatic carbocycles. The van der Waals surface area contributed by atoms with Gasteiger partial charge in [-0.25, -0.2) is 9.97 Å². The van der Waals surface area contributed by atoms with Crippen LogP contribution in [0.25, 0.3) is 0 Å². The quantitative estimate of drug-likeness (QED) is 0.683. The van der Waals surface area contributed by atoms with Crippen molar-refractivity contribution in [1.82, 2.24) is 9.97 Å². The van der Waals surface area contributed by atoms with Crippen molar-refractivity contribution in [1.29, 1.82) is 0 Å². The monoisotopic (exact) mass is 327 g/mol. The van der Waals surface area contributed by atoms with Gasteiger partial charge >= 0.3 is 0 Å². The molecule has 0 radical (unpaired) electrons. The summed E-state index contributed by atoms with van der Waals surface area (Å²) in [6, 6.07) is 6.61. The third kappa shape index (κ3) is 4.37. The molecule has 1 amide bonds. The molecule has 7 heteroatoms. The van der Waals surface area contributed by atoms with E-state index in [1.807, 2.05) is 0 Å². The van der Waals surface area contributed by atoms with Crippen LogP contribution in [-0.4, -0.2) is 21.1 Å². The fourth-order valence-corrected chi connectivity index (χ4v) is 2.68. The van der Waals surface area contributed by atoms with Crippen LogP contribution in [0.4, 0.5) is 5.69 Å². The Morgan fingerprint density at radius 2 is 1.80 bits per heavy atom. The molecular weight excluding hydrogens is 317 g/mol. The number of benzene rings is 1. The molecule has 0 fully saturated rings. The van der Waals surface area contributed by atoms with Gasteiger partial charge in [-0.05, 0) is 31.2 Å². The fourth-order valence-electron chi connectivity index (χ4n) is 1.43. The lowest BCUT2D eigenvalue weighted by Crippen LogP contribution is -2.22. The molecule has 0 saturated heterocycles. The molecule has 4 nitrogen and oxygen atoms in total. The first-order valence-corrected chi connectivity index (χ1v) is 7.39. The van der Waals surface area contributed by atoms with Crippen molar-refractivity contribution in [2.45, 2.75) is 17.3 Å². The minimum absolute atomic E-state index is 0.166. The van der Waals surface area contributed by atoms with Crippen LogP contribution in [0.5, 0.6) is 0 Å². The molecule has 0 saturated carbocycles. The van der Waals surface area contributed by atoms with E-state index in [0.29, 0.717) is 20.9 Å². The van der Waals surface area contributed by atoms with E-state index in [1.165, 1.54) is 11.8 Å². The topological polar surface area (TPSA) is 54.9 Å². The molecule has 1 atom stereocenters. The summed E-state index contributed by atoms with van der Waals surface area (Å²) >= 11 is 13.0. The Morgan fingerprint density at radius 1 is 1.20 bits per heavy atom. The van der Waals surface area contributed by atoms with Gasteiger partial charge in [-0.15, -0.1) is 0 Å². The SMILES string of the molecule is C[C@@H](Sc1ncccn1)C(=O)Nc1cc(Cl)cc(Cl)c1. The van der Waals surface area contributed by atoms with Gasteiger partial charge in [0.15, 0.2) is 5.16 Å². The maximum Gasteiger partial charge on any atom is 0.237 e. The predicted octanol–water partition coefficient (Wildman–Crippen LogP) is 3.90. The summed E-state index contributed by atoms with van der Waals surface area (Å²) in [7, 11) is 0. The van der Waals surface area contributed by atoms with Crippen molar-refractivity contribution >= 4 is 46.6 Å². The number of nitrogens with zero attached hydrogens (tertiary/aromatic N) is 2. The van der Waals surface area contributed by atoms with E-state index in [2.05, 4.69) is 15.3 Å². The van der Waals surface area contributed by atoms with Gasteiger partial charge in [0.25, 0.3) is 0 Å². The minimum Gasteiger partial charge on any atom is -0.325 e. The van der Waals surface area contributed by atoms with Gasteiger partial charge in [-0.1, -0.05) is 35.0 Å². The zero-order chi connectivity index (χ0) is 14.5. The molecule has 1 aromatic heterocycles. The first-order chi connectivity index (χ1) is 9.54. The predicted molar refractivity (Wildman–Crippen MR) is 82.4 cm³/mol. The van der Waals surface area contributed by atoms with Gasteiger partial charge in [0, 0.05) is 28.1 Å². The molecule has 1 heterocycles. The van der Waals surface area contributed by atoms with Crippen LogP contribution in [-0.2, 0) is 4.79 Å². The molecule has 0 unspecified atom stereocenters. The van der Waals surface area contributed by atoms with Gasteiger partial charge in [0.1, 0.15) is 0 Å². The summed E-state index contributed by atoms with van der Waals surface area (Å²) in [5.74, 6) is -0.166. The molecule has 0 aliphatic carbocycles. The number of rotatable bonds is 4. The third-order valence-corrected chi connectivity index (χ3v) is 3.75.